The predicted molar refractivity (Wildman–Crippen MR) is 202 cm³/mol. The van der Waals surface area contributed by atoms with E-state index in [9.17, 15) is 19.2 Å². The summed E-state index contributed by atoms with van der Waals surface area (Å²) in [6, 6.07) is 5.59. The Morgan fingerprint density at radius 1 is 0.717 bits per heavy atom. The van der Waals surface area contributed by atoms with E-state index in [2.05, 4.69) is 31.2 Å². The van der Waals surface area contributed by atoms with Crippen molar-refractivity contribution in [3.05, 3.63) is 68.1 Å². The first kappa shape index (κ1) is 38.0. The van der Waals surface area contributed by atoms with Crippen LogP contribution in [0.25, 0.3) is 0 Å². The molecular formula is C37H46N8O6S2. The van der Waals surface area contributed by atoms with Crippen molar-refractivity contribution in [2.75, 3.05) is 0 Å². The summed E-state index contributed by atoms with van der Waals surface area (Å²) >= 11 is 2.52. The fraction of sp³-hybridized carbons (Fsp3) is 0.514. The highest BCUT2D eigenvalue weighted by atomic mass is 32.1. The molecule has 3 aliphatic rings. The van der Waals surface area contributed by atoms with Gasteiger partial charge in [0.15, 0.2) is 12.1 Å². The third kappa shape index (κ3) is 8.43. The number of carbonyl (C=O) groups excluding carboxylic acids is 4. The van der Waals surface area contributed by atoms with Crippen LogP contribution in [0.2, 0.25) is 0 Å². The van der Waals surface area contributed by atoms with Gasteiger partial charge < -0.3 is 30.7 Å². The Morgan fingerprint density at radius 3 is 1.83 bits per heavy atom. The van der Waals surface area contributed by atoms with Gasteiger partial charge in [0, 0.05) is 10.8 Å². The van der Waals surface area contributed by atoms with Crippen molar-refractivity contribution >= 4 is 58.1 Å². The molecule has 282 valence electrons. The number of ether oxygens (including phenoxy) is 2. The molecule has 4 amide bonds. The molecule has 0 radical (unpaired) electrons. The maximum Gasteiger partial charge on any atom is 0.271 e. The second-order valence-electron chi connectivity index (χ2n) is 14.1. The molecule has 0 fully saturated rings. The fourth-order valence-corrected chi connectivity index (χ4v) is 8.00. The summed E-state index contributed by atoms with van der Waals surface area (Å²) in [5, 5.41) is 16.5. The van der Waals surface area contributed by atoms with E-state index < -0.39 is 60.3 Å². The van der Waals surface area contributed by atoms with E-state index in [1.54, 1.807) is 31.5 Å². The van der Waals surface area contributed by atoms with Crippen LogP contribution in [-0.4, -0.2) is 81.8 Å². The lowest BCUT2D eigenvalue weighted by atomic mass is 9.98. The van der Waals surface area contributed by atoms with Gasteiger partial charge in [-0.15, -0.1) is 22.7 Å². The number of carbonyl (C=O) groups is 4. The molecule has 9 atom stereocenters. The van der Waals surface area contributed by atoms with Gasteiger partial charge in [-0.25, -0.2) is 20.0 Å². The van der Waals surface area contributed by atoms with Crippen molar-refractivity contribution in [1.82, 2.24) is 31.2 Å². The number of amides is 4. The zero-order chi connectivity index (χ0) is 38.0. The molecule has 0 saturated heterocycles. The van der Waals surface area contributed by atoms with E-state index in [1.807, 2.05) is 58.0 Å². The molecule has 16 heteroatoms. The Labute approximate surface area is 316 Å². The first-order chi connectivity index (χ1) is 25.3. The van der Waals surface area contributed by atoms with Crippen molar-refractivity contribution in [3.63, 3.8) is 0 Å². The second-order valence-corrected chi connectivity index (χ2v) is 15.9. The molecule has 3 aliphatic heterocycles. The van der Waals surface area contributed by atoms with E-state index in [0.717, 1.165) is 5.56 Å². The highest BCUT2D eigenvalue weighted by molar-refractivity contribution is 7.10. The summed E-state index contributed by atoms with van der Waals surface area (Å²) < 4.78 is 12.2. The number of nitrogens with one attached hydrogen (secondary N) is 4. The first-order valence-electron chi connectivity index (χ1n) is 18.0. The summed E-state index contributed by atoms with van der Waals surface area (Å²) in [5.41, 5.74) is 1.34. The van der Waals surface area contributed by atoms with E-state index >= 15 is 0 Å². The monoisotopic (exact) mass is 762 g/mol. The molecule has 8 bridgehead atoms. The lowest BCUT2D eigenvalue weighted by molar-refractivity contribution is -0.125. The van der Waals surface area contributed by atoms with Crippen LogP contribution in [0, 0.1) is 11.8 Å². The molecule has 5 heterocycles. The number of benzene rings is 1. The Hall–Kier alpha value is -4.70. The molecule has 3 aromatic rings. The van der Waals surface area contributed by atoms with Gasteiger partial charge in [-0.3, -0.25) is 19.2 Å². The molecule has 2 aromatic heterocycles. The Bertz CT molecular complexity index is 1890. The van der Waals surface area contributed by atoms with Crippen molar-refractivity contribution in [1.29, 1.82) is 0 Å². The summed E-state index contributed by atoms with van der Waals surface area (Å²) in [5.74, 6) is -1.27. The molecule has 6 rings (SSSR count). The summed E-state index contributed by atoms with van der Waals surface area (Å²) in [6.45, 7) is 13.1. The van der Waals surface area contributed by atoms with Gasteiger partial charge in [0.25, 0.3) is 11.8 Å². The Kier molecular flexibility index (Phi) is 11.6. The van der Waals surface area contributed by atoms with Gasteiger partial charge in [-0.1, -0.05) is 64.4 Å². The molecule has 53 heavy (non-hydrogen) atoms. The van der Waals surface area contributed by atoms with Crippen molar-refractivity contribution in [2.24, 2.45) is 21.8 Å². The number of hydrogen-bond donors (Lipinski definition) is 4. The standard InChI is InChI=1S/C37H46N8O6S2/c1-8-18(4)27-35-45-29(21(7)51-35)33(49)39-23(14-22-12-10-9-11-13-22)37-41-25(16-53-37)30(46)42-26(17(2)3)34-44-28(20(6)50-34)32(48)38-19(5)36-40-24(15-52-36)31(47)43-27/h9-13,15-21,23,26-29H,8,14H2,1-7H3,(H,38,48)(H,39,49)(H,42,46)(H,43,47). The highest BCUT2D eigenvalue weighted by Crippen LogP contribution is 2.27. The minimum absolute atomic E-state index is 0.0799. The molecule has 1 aromatic carbocycles. The lowest BCUT2D eigenvalue weighted by Gasteiger charge is -2.24. The molecule has 9 unspecified atom stereocenters. The quantitative estimate of drug-likeness (QED) is 0.299. The molecule has 0 saturated carbocycles. The third-order valence-corrected chi connectivity index (χ3v) is 11.7. The van der Waals surface area contributed by atoms with Gasteiger partial charge in [0.2, 0.25) is 23.6 Å². The molecule has 0 spiro atoms. The number of nitrogens with zero attached hydrogens (tertiary/aromatic N) is 4. The normalized spacial score (nSPS) is 28.7. The van der Waals surface area contributed by atoms with Crippen molar-refractivity contribution < 1.29 is 28.7 Å². The molecule has 0 aliphatic carbocycles. The van der Waals surface area contributed by atoms with Gasteiger partial charge >= 0.3 is 0 Å². The average molecular weight is 763 g/mol. The minimum Gasteiger partial charge on any atom is -0.474 e. The largest absolute Gasteiger partial charge is 0.474 e. The van der Waals surface area contributed by atoms with Crippen LogP contribution >= 0.6 is 22.7 Å². The zero-order valence-corrected chi connectivity index (χ0v) is 32.4. The third-order valence-electron chi connectivity index (χ3n) is 9.69. The highest BCUT2D eigenvalue weighted by Gasteiger charge is 2.41. The number of aliphatic imine (C=N–C) groups is 2. The van der Waals surface area contributed by atoms with E-state index in [-0.39, 0.29) is 46.8 Å². The van der Waals surface area contributed by atoms with Crippen LogP contribution in [0.4, 0.5) is 0 Å². The van der Waals surface area contributed by atoms with Gasteiger partial charge in [0.05, 0.1) is 12.1 Å². The van der Waals surface area contributed by atoms with Gasteiger partial charge in [-0.05, 0) is 44.6 Å². The van der Waals surface area contributed by atoms with Crippen LogP contribution < -0.4 is 21.3 Å². The Balaban J connectivity index is 1.37. The predicted octanol–water partition coefficient (Wildman–Crippen LogP) is 4.16. The van der Waals surface area contributed by atoms with Gasteiger partial charge in [0.1, 0.15) is 45.7 Å². The van der Waals surface area contributed by atoms with E-state index in [4.69, 9.17) is 19.5 Å². The van der Waals surface area contributed by atoms with Crippen molar-refractivity contribution in [2.45, 2.75) is 110 Å². The van der Waals surface area contributed by atoms with E-state index in [1.165, 1.54) is 22.7 Å². The van der Waals surface area contributed by atoms with Crippen molar-refractivity contribution in [3.8, 4) is 0 Å². The van der Waals surface area contributed by atoms with Crippen LogP contribution in [-0.2, 0) is 25.5 Å². The number of hydrogen-bond acceptors (Lipinski definition) is 12. The molecule has 14 nitrogen and oxygen atoms in total. The van der Waals surface area contributed by atoms with Crippen LogP contribution in [0.1, 0.15) is 104 Å². The maximum absolute atomic E-state index is 14.0. The zero-order valence-electron chi connectivity index (χ0n) is 30.8. The number of rotatable bonds is 5. The first-order valence-corrected chi connectivity index (χ1v) is 19.7. The number of aromatic nitrogens is 2. The average Bonchev–Trinajstić information content (AvgIpc) is 3.95. The minimum atomic E-state index is -0.888. The van der Waals surface area contributed by atoms with Crippen LogP contribution in [0.5, 0.6) is 0 Å². The van der Waals surface area contributed by atoms with Gasteiger partial charge in [-0.2, -0.15) is 0 Å². The molecule has 4 N–H and O–H groups in total. The van der Waals surface area contributed by atoms with E-state index in [0.29, 0.717) is 22.9 Å². The fourth-order valence-electron chi connectivity index (χ4n) is 6.34. The van der Waals surface area contributed by atoms with Crippen LogP contribution in [0.15, 0.2) is 51.1 Å². The summed E-state index contributed by atoms with van der Waals surface area (Å²) in [6.07, 6.45) is -0.0741. The number of thiazole rings is 2. The smallest absolute Gasteiger partial charge is 0.271 e. The molecular weight excluding hydrogens is 717 g/mol. The van der Waals surface area contributed by atoms with Crippen LogP contribution in [0.3, 0.4) is 0 Å². The lowest BCUT2D eigenvalue weighted by Crippen LogP contribution is -2.45. The summed E-state index contributed by atoms with van der Waals surface area (Å²) in [4.78, 5) is 73.3. The summed E-state index contributed by atoms with van der Waals surface area (Å²) in [7, 11) is 0. The Morgan fingerprint density at radius 2 is 1.25 bits per heavy atom. The maximum atomic E-state index is 14.0. The number of fused-ring (bicyclic) bond motifs is 6. The SMILES string of the molecule is CCC(C)C1NC(=O)c2csc(n2)C(C)NC(=O)C2N=C(OC2C)C(C(C)C)NC(=O)c2csc(n2)C(Cc2ccccc2)NC(=O)C2N=C1OC2C. The topological polar surface area (TPSA) is 185 Å². The second kappa shape index (κ2) is 16.1.